The highest BCUT2D eigenvalue weighted by Crippen LogP contribution is 2.36. The highest BCUT2D eigenvalue weighted by Gasteiger charge is 2.27. The van der Waals surface area contributed by atoms with Crippen LogP contribution in [-0.2, 0) is 31.3 Å². The van der Waals surface area contributed by atoms with E-state index in [1.807, 2.05) is 18.2 Å². The van der Waals surface area contributed by atoms with Gasteiger partial charge >= 0.3 is 0 Å². The maximum Gasteiger partial charge on any atom is 0.255 e. The third kappa shape index (κ3) is 7.16. The average molecular weight is 686 g/mol. The molecule has 2 unspecified atom stereocenters. The van der Waals surface area contributed by atoms with Crippen LogP contribution in [0.25, 0.3) is 0 Å². The van der Waals surface area contributed by atoms with Gasteiger partial charge in [0.1, 0.15) is 30.9 Å². The second-order valence-corrected chi connectivity index (χ2v) is 11.7. The molecule has 0 aliphatic carbocycles. The number of aliphatic hydroxyl groups is 4. The molecule has 2 atom stereocenters. The summed E-state index contributed by atoms with van der Waals surface area (Å²) >= 11 is 0. The van der Waals surface area contributed by atoms with Gasteiger partial charge in [0, 0.05) is 23.2 Å². The Morgan fingerprint density at radius 3 is 2.12 bits per heavy atom. The van der Waals surface area contributed by atoms with Gasteiger partial charge in [-0.2, -0.15) is 0 Å². The van der Waals surface area contributed by atoms with E-state index in [4.69, 9.17) is 23.8 Å². The van der Waals surface area contributed by atoms with Crippen molar-refractivity contribution in [1.29, 1.82) is 0 Å². The lowest BCUT2D eigenvalue weighted by Crippen LogP contribution is -2.38. The summed E-state index contributed by atoms with van der Waals surface area (Å²) < 4.78 is 22.8. The molecule has 2 aliphatic rings. The summed E-state index contributed by atoms with van der Waals surface area (Å²) in [6, 6.07) is 19.6. The van der Waals surface area contributed by atoms with E-state index in [2.05, 4.69) is 15.8 Å². The Labute approximate surface area is 288 Å². The zero-order chi connectivity index (χ0) is 35.2. The lowest BCUT2D eigenvalue weighted by molar-refractivity contribution is 0.0853. The minimum Gasteiger partial charge on any atom is -0.497 e. The predicted molar refractivity (Wildman–Crippen MR) is 182 cm³/mol. The summed E-state index contributed by atoms with van der Waals surface area (Å²) in [7, 11) is 3.09. The Kier molecular flexibility index (Phi) is 10.7. The van der Waals surface area contributed by atoms with Crippen molar-refractivity contribution in [2.45, 2.75) is 45.1 Å². The Morgan fingerprint density at radius 1 is 0.740 bits per heavy atom. The van der Waals surface area contributed by atoms with Crippen LogP contribution in [0.3, 0.4) is 0 Å². The first kappa shape index (κ1) is 34.5. The molecule has 6 N–H and O–H groups in total. The first-order valence-electron chi connectivity index (χ1n) is 16.0. The molecular formula is C37H39N3O10. The molecular weight excluding hydrogens is 646 g/mol. The third-order valence-corrected chi connectivity index (χ3v) is 8.73. The minimum absolute atomic E-state index is 0.170. The number of fused-ring (bicyclic) bond motifs is 1. The van der Waals surface area contributed by atoms with Gasteiger partial charge in [-0.25, -0.2) is 0 Å². The Bertz CT molecular complexity index is 1870. The number of nitrogens with one attached hydrogen (secondary N) is 2. The molecule has 2 aliphatic heterocycles. The molecule has 0 radical (unpaired) electrons. The van der Waals surface area contributed by atoms with E-state index in [1.54, 1.807) is 62.8 Å². The van der Waals surface area contributed by atoms with Gasteiger partial charge < -0.3 is 54.8 Å². The summed E-state index contributed by atoms with van der Waals surface area (Å²) in [6.45, 7) is -0.784. The largest absolute Gasteiger partial charge is 0.497 e. The predicted octanol–water partition coefficient (Wildman–Crippen LogP) is 3.85. The van der Waals surface area contributed by atoms with Crippen LogP contribution in [-0.4, -0.2) is 59.5 Å². The molecule has 1 amide bonds. The van der Waals surface area contributed by atoms with E-state index >= 15 is 0 Å². The zero-order valence-corrected chi connectivity index (χ0v) is 27.6. The number of anilines is 1. The van der Waals surface area contributed by atoms with Crippen molar-refractivity contribution < 1.29 is 49.0 Å². The number of methoxy groups -OCH3 is 2. The number of nitrogens with zero attached hydrogens (tertiary/aromatic N) is 1. The first-order chi connectivity index (χ1) is 24.4. The monoisotopic (exact) mass is 685 g/mol. The topological polar surface area (TPSA) is 181 Å². The highest BCUT2D eigenvalue weighted by atomic mass is 16.6. The summed E-state index contributed by atoms with van der Waals surface area (Å²) in [5.41, 5.74) is 6.20. The van der Waals surface area contributed by atoms with Crippen LogP contribution < -0.4 is 29.6 Å². The van der Waals surface area contributed by atoms with Crippen LogP contribution in [0.15, 0.2) is 71.9 Å². The second-order valence-electron chi connectivity index (χ2n) is 11.7. The Hall–Kier alpha value is -5.34. The quantitative estimate of drug-likeness (QED) is 0.106. The molecule has 2 heterocycles. The van der Waals surface area contributed by atoms with E-state index in [-0.39, 0.29) is 45.5 Å². The van der Waals surface area contributed by atoms with Crippen LogP contribution >= 0.6 is 0 Å². The lowest BCUT2D eigenvalue weighted by atomic mass is 9.93. The van der Waals surface area contributed by atoms with Crippen LogP contribution in [0.2, 0.25) is 0 Å². The second kappa shape index (κ2) is 15.5. The normalized spacial score (nSPS) is 16.4. The van der Waals surface area contributed by atoms with Gasteiger partial charge in [-0.3, -0.25) is 4.79 Å². The van der Waals surface area contributed by atoms with Crippen molar-refractivity contribution in [3.8, 4) is 23.0 Å². The molecule has 13 heteroatoms. The molecule has 50 heavy (non-hydrogen) atoms. The Balaban J connectivity index is 1.08. The highest BCUT2D eigenvalue weighted by molar-refractivity contribution is 6.02. The Morgan fingerprint density at radius 2 is 1.44 bits per heavy atom. The molecule has 6 rings (SSSR count). The number of carbonyl (C=O) groups is 1. The minimum atomic E-state index is -0.501. The number of amides is 1. The maximum absolute atomic E-state index is 12.8. The van der Waals surface area contributed by atoms with Crippen molar-refractivity contribution in [2.24, 2.45) is 5.16 Å². The fourth-order valence-corrected chi connectivity index (χ4v) is 6.07. The number of hydrogen-bond acceptors (Lipinski definition) is 12. The van der Waals surface area contributed by atoms with Gasteiger partial charge in [-0.05, 0) is 88.5 Å². The molecule has 0 bridgehead atoms. The van der Waals surface area contributed by atoms with Gasteiger partial charge in [0.25, 0.3) is 5.91 Å². The van der Waals surface area contributed by atoms with E-state index in [0.717, 1.165) is 16.7 Å². The zero-order valence-electron chi connectivity index (χ0n) is 27.6. The summed E-state index contributed by atoms with van der Waals surface area (Å²) in [5.74, 6) is 1.83. The number of benzene rings is 4. The fourth-order valence-electron chi connectivity index (χ4n) is 6.07. The lowest BCUT2D eigenvalue weighted by Gasteiger charge is -2.29. The number of hydrogen-bond donors (Lipinski definition) is 6. The SMILES string of the molecule is COc1ccc2c(c1)C(=O)NC(c1ccc(OCCOc3cc(C4=NOC(c5cc(CO)c(CO)c(CO)c5)C4)ccc3OC)c(CO)c1)N2. The van der Waals surface area contributed by atoms with Gasteiger partial charge in [-0.15, -0.1) is 0 Å². The molecule has 4 aromatic carbocycles. The van der Waals surface area contributed by atoms with Crippen molar-refractivity contribution in [1.82, 2.24) is 5.32 Å². The smallest absolute Gasteiger partial charge is 0.255 e. The standard InChI is InChI=1S/C37H39N3O10/c1-46-27-5-6-30-28(15-27)37(45)39-36(38-30)22-4-7-32(26(11-22)19-43)48-9-10-49-35-14-21(3-8-33(35)47-2)31-16-34(50-40-31)23-12-24(17-41)29(20-44)25(13-23)18-42/h3-8,11-15,34,36,38,41-44H,9-10,16-20H2,1-2H3,(H,39,45). The summed E-state index contributed by atoms with van der Waals surface area (Å²) in [6.07, 6.45) is -0.506. The van der Waals surface area contributed by atoms with E-state index < -0.39 is 12.3 Å². The van der Waals surface area contributed by atoms with Crippen molar-refractivity contribution in [3.05, 3.63) is 111 Å². The molecule has 262 valence electrons. The van der Waals surface area contributed by atoms with E-state index in [9.17, 15) is 25.2 Å². The summed E-state index contributed by atoms with van der Waals surface area (Å²) in [4.78, 5) is 18.5. The number of rotatable bonds is 14. The fraction of sp³-hybridized carbons (Fsp3) is 0.297. The van der Waals surface area contributed by atoms with Crippen LogP contribution in [0, 0.1) is 0 Å². The maximum atomic E-state index is 12.8. The van der Waals surface area contributed by atoms with Crippen LogP contribution in [0.5, 0.6) is 23.0 Å². The number of oxime groups is 1. The van der Waals surface area contributed by atoms with Crippen molar-refractivity contribution >= 4 is 17.3 Å². The molecule has 4 aromatic rings. The van der Waals surface area contributed by atoms with E-state index in [1.165, 1.54) is 0 Å². The van der Waals surface area contributed by atoms with E-state index in [0.29, 0.717) is 68.6 Å². The van der Waals surface area contributed by atoms with Gasteiger partial charge in [0.05, 0.1) is 51.9 Å². The average Bonchev–Trinajstić information content (AvgIpc) is 3.66. The molecule has 0 saturated carbocycles. The van der Waals surface area contributed by atoms with Gasteiger partial charge in [0.2, 0.25) is 0 Å². The van der Waals surface area contributed by atoms with Gasteiger partial charge in [-0.1, -0.05) is 11.2 Å². The molecule has 0 fully saturated rings. The van der Waals surface area contributed by atoms with Crippen LogP contribution in [0.4, 0.5) is 5.69 Å². The van der Waals surface area contributed by atoms with Crippen molar-refractivity contribution in [3.63, 3.8) is 0 Å². The molecule has 0 aromatic heterocycles. The molecule has 13 nitrogen and oxygen atoms in total. The summed E-state index contributed by atoms with van der Waals surface area (Å²) in [5, 5.41) is 50.0. The number of aliphatic hydroxyl groups excluding tert-OH is 4. The van der Waals surface area contributed by atoms with Crippen molar-refractivity contribution in [2.75, 3.05) is 32.8 Å². The molecule has 0 saturated heterocycles. The number of carbonyl (C=O) groups excluding carboxylic acids is 1. The molecule has 0 spiro atoms. The number of ether oxygens (including phenoxy) is 4. The van der Waals surface area contributed by atoms with Crippen LogP contribution in [0.1, 0.15) is 68.0 Å². The first-order valence-corrected chi connectivity index (χ1v) is 16.0. The van der Waals surface area contributed by atoms with Gasteiger partial charge in [0.15, 0.2) is 17.6 Å². The third-order valence-electron chi connectivity index (χ3n) is 8.73.